The van der Waals surface area contributed by atoms with Crippen LogP contribution in [0.4, 0.5) is 4.79 Å². The summed E-state index contributed by atoms with van der Waals surface area (Å²) in [7, 11) is 0. The average Bonchev–Trinajstić information content (AvgIpc) is 2.71. The van der Waals surface area contributed by atoms with E-state index in [2.05, 4.69) is 5.32 Å². The second-order valence-corrected chi connectivity index (χ2v) is 3.37. The van der Waals surface area contributed by atoms with Crippen molar-refractivity contribution >= 4 is 17.0 Å². The Morgan fingerprint density at radius 2 is 2.19 bits per heavy atom. The standard InChI is InChI=1S/C11H12N2O3/c14-11(13-15)12-6-5-9-7-8-3-1-2-4-10(8)16-9/h1-4,7,15H,5-6H2,(H2,12,13,14). The third kappa shape index (κ3) is 2.32. The maximum atomic E-state index is 10.7. The molecule has 3 N–H and O–H groups in total. The number of fused-ring (bicyclic) bond motifs is 1. The van der Waals surface area contributed by atoms with E-state index in [-0.39, 0.29) is 0 Å². The van der Waals surface area contributed by atoms with Gasteiger partial charge in [-0.3, -0.25) is 5.21 Å². The van der Waals surface area contributed by atoms with Crippen LogP contribution in [0.15, 0.2) is 34.7 Å². The average molecular weight is 220 g/mol. The Hall–Kier alpha value is -2.01. The molecule has 1 aromatic carbocycles. The summed E-state index contributed by atoms with van der Waals surface area (Å²) in [6.45, 7) is 0.409. The van der Waals surface area contributed by atoms with E-state index in [0.29, 0.717) is 13.0 Å². The molecule has 1 heterocycles. The van der Waals surface area contributed by atoms with Gasteiger partial charge in [-0.05, 0) is 12.1 Å². The predicted molar refractivity (Wildman–Crippen MR) is 58.2 cm³/mol. The van der Waals surface area contributed by atoms with Gasteiger partial charge in [-0.15, -0.1) is 0 Å². The number of para-hydroxylation sites is 1. The summed E-state index contributed by atoms with van der Waals surface area (Å²) < 4.78 is 5.55. The minimum absolute atomic E-state index is 0.409. The lowest BCUT2D eigenvalue weighted by molar-refractivity contribution is 0.162. The molecular formula is C11H12N2O3. The number of benzene rings is 1. The van der Waals surface area contributed by atoms with Gasteiger partial charge < -0.3 is 9.73 Å². The fourth-order valence-electron chi connectivity index (χ4n) is 1.50. The number of urea groups is 1. The summed E-state index contributed by atoms with van der Waals surface area (Å²) in [6, 6.07) is 9.04. The topological polar surface area (TPSA) is 74.5 Å². The van der Waals surface area contributed by atoms with Crippen LogP contribution in [-0.4, -0.2) is 17.8 Å². The molecule has 0 atom stereocenters. The number of furan rings is 1. The van der Waals surface area contributed by atoms with E-state index in [1.165, 1.54) is 5.48 Å². The molecule has 0 radical (unpaired) electrons. The van der Waals surface area contributed by atoms with Crippen LogP contribution in [0.3, 0.4) is 0 Å². The molecule has 2 rings (SSSR count). The summed E-state index contributed by atoms with van der Waals surface area (Å²) in [5, 5.41) is 11.8. The number of rotatable bonds is 3. The number of hydroxylamine groups is 1. The first-order chi connectivity index (χ1) is 7.79. The van der Waals surface area contributed by atoms with Gasteiger partial charge in [0.1, 0.15) is 11.3 Å². The molecule has 0 aliphatic heterocycles. The van der Waals surface area contributed by atoms with Crippen molar-refractivity contribution in [2.75, 3.05) is 6.54 Å². The largest absolute Gasteiger partial charge is 0.461 e. The summed E-state index contributed by atoms with van der Waals surface area (Å²) in [6.07, 6.45) is 0.585. The first kappa shape index (κ1) is 10.5. The maximum Gasteiger partial charge on any atom is 0.338 e. The number of hydrogen-bond donors (Lipinski definition) is 3. The third-order valence-corrected chi connectivity index (χ3v) is 2.24. The molecule has 0 aliphatic rings. The summed E-state index contributed by atoms with van der Waals surface area (Å²) in [5.74, 6) is 0.805. The molecule has 5 nitrogen and oxygen atoms in total. The SMILES string of the molecule is O=C(NO)NCCc1cc2ccccc2o1. The molecule has 2 amide bonds. The van der Waals surface area contributed by atoms with Crippen LogP contribution in [0.25, 0.3) is 11.0 Å². The highest BCUT2D eigenvalue weighted by molar-refractivity contribution is 5.77. The molecule has 0 aliphatic carbocycles. The summed E-state index contributed by atoms with van der Waals surface area (Å²) in [4.78, 5) is 10.7. The van der Waals surface area contributed by atoms with Crippen molar-refractivity contribution in [1.29, 1.82) is 0 Å². The van der Waals surface area contributed by atoms with Gasteiger partial charge in [-0.25, -0.2) is 10.3 Å². The van der Waals surface area contributed by atoms with E-state index >= 15 is 0 Å². The lowest BCUT2D eigenvalue weighted by atomic mass is 10.2. The van der Waals surface area contributed by atoms with E-state index in [0.717, 1.165) is 16.7 Å². The Balaban J connectivity index is 1.97. The maximum absolute atomic E-state index is 10.7. The number of nitrogens with one attached hydrogen (secondary N) is 2. The van der Waals surface area contributed by atoms with Gasteiger partial charge in [0.25, 0.3) is 0 Å². The second kappa shape index (κ2) is 4.67. The van der Waals surface area contributed by atoms with Gasteiger partial charge in [0.05, 0.1) is 0 Å². The predicted octanol–water partition coefficient (Wildman–Crippen LogP) is 1.66. The van der Waals surface area contributed by atoms with Crippen LogP contribution < -0.4 is 10.8 Å². The number of carbonyl (C=O) groups is 1. The van der Waals surface area contributed by atoms with Crippen LogP contribution in [0, 0.1) is 0 Å². The molecule has 84 valence electrons. The Kier molecular flexibility index (Phi) is 3.07. The third-order valence-electron chi connectivity index (χ3n) is 2.24. The lowest BCUT2D eigenvalue weighted by Gasteiger charge is -2.00. The normalized spacial score (nSPS) is 10.3. The van der Waals surface area contributed by atoms with Gasteiger partial charge >= 0.3 is 6.03 Å². The van der Waals surface area contributed by atoms with Crippen molar-refractivity contribution in [2.24, 2.45) is 0 Å². The van der Waals surface area contributed by atoms with E-state index in [4.69, 9.17) is 9.62 Å². The smallest absolute Gasteiger partial charge is 0.338 e. The zero-order valence-electron chi connectivity index (χ0n) is 8.56. The Bertz CT molecular complexity index is 460. The molecule has 0 saturated heterocycles. The molecule has 0 bridgehead atoms. The van der Waals surface area contributed by atoms with Gasteiger partial charge in [0.15, 0.2) is 0 Å². The van der Waals surface area contributed by atoms with E-state index in [9.17, 15) is 4.79 Å². The Morgan fingerprint density at radius 1 is 1.38 bits per heavy atom. The van der Waals surface area contributed by atoms with Crippen LogP contribution >= 0.6 is 0 Å². The molecule has 16 heavy (non-hydrogen) atoms. The second-order valence-electron chi connectivity index (χ2n) is 3.37. The monoisotopic (exact) mass is 220 g/mol. The van der Waals surface area contributed by atoms with Crippen molar-refractivity contribution in [3.05, 3.63) is 36.1 Å². The quantitative estimate of drug-likeness (QED) is 0.544. The van der Waals surface area contributed by atoms with Gasteiger partial charge in [-0.1, -0.05) is 18.2 Å². The van der Waals surface area contributed by atoms with Gasteiger partial charge in [0, 0.05) is 18.4 Å². The van der Waals surface area contributed by atoms with Crippen molar-refractivity contribution in [2.45, 2.75) is 6.42 Å². The minimum Gasteiger partial charge on any atom is -0.461 e. The number of carbonyl (C=O) groups excluding carboxylic acids is 1. The molecular weight excluding hydrogens is 208 g/mol. The van der Waals surface area contributed by atoms with E-state index in [1.807, 2.05) is 30.3 Å². The van der Waals surface area contributed by atoms with E-state index < -0.39 is 6.03 Å². The van der Waals surface area contributed by atoms with Crippen LogP contribution in [0.1, 0.15) is 5.76 Å². The van der Waals surface area contributed by atoms with Crippen molar-refractivity contribution in [1.82, 2.24) is 10.8 Å². The molecule has 1 aromatic heterocycles. The molecule has 0 unspecified atom stereocenters. The molecule has 0 saturated carbocycles. The fraction of sp³-hybridized carbons (Fsp3) is 0.182. The van der Waals surface area contributed by atoms with Crippen LogP contribution in [-0.2, 0) is 6.42 Å². The zero-order valence-corrected chi connectivity index (χ0v) is 8.56. The zero-order chi connectivity index (χ0) is 11.4. The van der Waals surface area contributed by atoms with Gasteiger partial charge in [-0.2, -0.15) is 0 Å². The van der Waals surface area contributed by atoms with Crippen molar-refractivity contribution in [3.8, 4) is 0 Å². The van der Waals surface area contributed by atoms with Crippen LogP contribution in [0.5, 0.6) is 0 Å². The fourth-order valence-corrected chi connectivity index (χ4v) is 1.50. The molecule has 2 aromatic rings. The lowest BCUT2D eigenvalue weighted by Crippen LogP contribution is -2.34. The molecule has 0 fully saturated rings. The molecule has 5 heteroatoms. The van der Waals surface area contributed by atoms with Gasteiger partial charge in [0.2, 0.25) is 0 Å². The highest BCUT2D eigenvalue weighted by Gasteiger charge is 2.03. The first-order valence-corrected chi connectivity index (χ1v) is 4.95. The van der Waals surface area contributed by atoms with E-state index in [1.54, 1.807) is 0 Å². The van der Waals surface area contributed by atoms with Crippen LogP contribution in [0.2, 0.25) is 0 Å². The first-order valence-electron chi connectivity index (χ1n) is 4.95. The highest BCUT2D eigenvalue weighted by atomic mass is 16.5. The summed E-state index contributed by atoms with van der Waals surface area (Å²) in [5.41, 5.74) is 2.33. The Morgan fingerprint density at radius 3 is 2.94 bits per heavy atom. The molecule has 0 spiro atoms. The Labute approximate surface area is 92.0 Å². The summed E-state index contributed by atoms with van der Waals surface area (Å²) >= 11 is 0. The minimum atomic E-state index is -0.615. The number of hydrogen-bond acceptors (Lipinski definition) is 3. The van der Waals surface area contributed by atoms with Crippen molar-refractivity contribution < 1.29 is 14.4 Å². The highest BCUT2D eigenvalue weighted by Crippen LogP contribution is 2.18. The number of amides is 2. The van der Waals surface area contributed by atoms with Crippen molar-refractivity contribution in [3.63, 3.8) is 0 Å².